The quantitative estimate of drug-likeness (QED) is 0.730. The van der Waals surface area contributed by atoms with Crippen LogP contribution in [-0.4, -0.2) is 49.4 Å². The third-order valence-electron chi connectivity index (χ3n) is 4.84. The number of para-hydroxylation sites is 1. The number of ether oxygens (including phenoxy) is 1. The fourth-order valence-corrected chi connectivity index (χ4v) is 4.88. The highest BCUT2D eigenvalue weighted by Crippen LogP contribution is 2.31. The highest BCUT2D eigenvalue weighted by molar-refractivity contribution is 7.89. The topological polar surface area (TPSA) is 104 Å². The number of nitrogens with zero attached hydrogens (tertiary/aromatic N) is 2. The van der Waals surface area contributed by atoms with E-state index in [9.17, 15) is 23.1 Å². The Labute approximate surface area is 175 Å². The van der Waals surface area contributed by atoms with Crippen molar-refractivity contribution in [2.75, 3.05) is 18.6 Å². The molecule has 1 amide bonds. The van der Waals surface area contributed by atoms with Gasteiger partial charge in [0.2, 0.25) is 10.0 Å². The predicted molar refractivity (Wildman–Crippen MR) is 111 cm³/mol. The number of carboxylic acids is 1. The SMILES string of the molecule is CC=CC(=O)N1CC(C(=O)O)N(S(=O)(=O)c2ccc(OC)cc2)Cc2ccccc21. The van der Waals surface area contributed by atoms with Gasteiger partial charge in [0.05, 0.1) is 18.6 Å². The maximum absolute atomic E-state index is 13.4. The van der Waals surface area contributed by atoms with Crippen LogP contribution in [-0.2, 0) is 26.2 Å². The van der Waals surface area contributed by atoms with Crippen LogP contribution in [0.5, 0.6) is 5.75 Å². The van der Waals surface area contributed by atoms with Gasteiger partial charge in [0, 0.05) is 12.2 Å². The molecular formula is C21H22N2O6S. The second-order valence-corrected chi connectivity index (χ2v) is 8.55. The molecule has 3 rings (SSSR count). The van der Waals surface area contributed by atoms with Crippen molar-refractivity contribution in [1.82, 2.24) is 4.31 Å². The van der Waals surface area contributed by atoms with Crippen molar-refractivity contribution < 1.29 is 27.9 Å². The van der Waals surface area contributed by atoms with Gasteiger partial charge >= 0.3 is 5.97 Å². The monoisotopic (exact) mass is 430 g/mol. The van der Waals surface area contributed by atoms with Crippen LogP contribution in [0.3, 0.4) is 0 Å². The number of aliphatic carboxylic acids is 1. The second kappa shape index (κ2) is 8.68. The first kappa shape index (κ1) is 21.5. The number of carbonyl (C=O) groups excluding carboxylic acids is 1. The van der Waals surface area contributed by atoms with Crippen LogP contribution >= 0.6 is 0 Å². The maximum atomic E-state index is 13.4. The average Bonchev–Trinajstić information content (AvgIpc) is 2.92. The van der Waals surface area contributed by atoms with E-state index in [1.54, 1.807) is 37.3 Å². The number of sulfonamides is 1. The number of allylic oxidation sites excluding steroid dienone is 1. The molecular weight excluding hydrogens is 408 g/mol. The van der Waals surface area contributed by atoms with E-state index in [1.807, 2.05) is 0 Å². The van der Waals surface area contributed by atoms with Crippen LogP contribution in [0, 0.1) is 0 Å². The average molecular weight is 430 g/mol. The summed E-state index contributed by atoms with van der Waals surface area (Å²) >= 11 is 0. The lowest BCUT2D eigenvalue weighted by Crippen LogP contribution is -2.50. The zero-order chi connectivity index (χ0) is 21.9. The van der Waals surface area contributed by atoms with Crippen molar-refractivity contribution in [3.63, 3.8) is 0 Å². The van der Waals surface area contributed by atoms with E-state index < -0.39 is 27.9 Å². The van der Waals surface area contributed by atoms with Crippen molar-refractivity contribution in [3.05, 3.63) is 66.2 Å². The molecule has 1 aliphatic heterocycles. The third-order valence-corrected chi connectivity index (χ3v) is 6.71. The molecule has 0 spiro atoms. The largest absolute Gasteiger partial charge is 0.497 e. The van der Waals surface area contributed by atoms with Gasteiger partial charge in [0.25, 0.3) is 5.91 Å². The lowest BCUT2D eigenvalue weighted by atomic mass is 10.1. The number of benzene rings is 2. The van der Waals surface area contributed by atoms with Gasteiger partial charge in [-0.1, -0.05) is 24.3 Å². The molecule has 1 N–H and O–H groups in total. The molecule has 1 unspecified atom stereocenters. The van der Waals surface area contributed by atoms with Gasteiger partial charge in [-0.2, -0.15) is 4.31 Å². The highest BCUT2D eigenvalue weighted by atomic mass is 32.2. The Balaban J connectivity index is 2.12. The molecule has 0 bridgehead atoms. The molecule has 2 aromatic rings. The number of hydrogen-bond acceptors (Lipinski definition) is 5. The number of rotatable bonds is 5. The standard InChI is InChI=1S/C21H22N2O6S/c1-3-6-20(24)22-14-19(21(25)26)23(13-15-7-4-5-8-18(15)22)30(27,28)17-11-9-16(29-2)10-12-17/h3-12,19H,13-14H2,1-2H3,(H,25,26). The summed E-state index contributed by atoms with van der Waals surface area (Å²) in [6, 6.07) is 11.1. The van der Waals surface area contributed by atoms with Crippen molar-refractivity contribution in [3.8, 4) is 5.75 Å². The van der Waals surface area contributed by atoms with Crippen LogP contribution in [0.4, 0.5) is 5.69 Å². The molecule has 2 aromatic carbocycles. The second-order valence-electron chi connectivity index (χ2n) is 6.66. The summed E-state index contributed by atoms with van der Waals surface area (Å²) in [7, 11) is -2.70. The normalized spacial score (nSPS) is 17.4. The summed E-state index contributed by atoms with van der Waals surface area (Å²) in [5.74, 6) is -1.27. The Hall–Kier alpha value is -3.17. The minimum atomic E-state index is -4.17. The molecule has 9 heteroatoms. The van der Waals surface area contributed by atoms with Crippen LogP contribution in [0.2, 0.25) is 0 Å². The molecule has 1 heterocycles. The van der Waals surface area contributed by atoms with E-state index in [-0.39, 0.29) is 18.0 Å². The van der Waals surface area contributed by atoms with Crippen LogP contribution in [0.25, 0.3) is 0 Å². The van der Waals surface area contributed by atoms with E-state index in [4.69, 9.17) is 4.74 Å². The van der Waals surface area contributed by atoms with Gasteiger partial charge in [0.1, 0.15) is 11.8 Å². The summed E-state index contributed by atoms with van der Waals surface area (Å²) in [5.41, 5.74) is 1.02. The number of anilines is 1. The van der Waals surface area contributed by atoms with E-state index in [2.05, 4.69) is 0 Å². The fourth-order valence-electron chi connectivity index (χ4n) is 3.33. The summed E-state index contributed by atoms with van der Waals surface area (Å²) in [4.78, 5) is 26.0. The highest BCUT2D eigenvalue weighted by Gasteiger charge is 2.41. The van der Waals surface area contributed by atoms with Gasteiger partial charge in [-0.15, -0.1) is 0 Å². The van der Waals surface area contributed by atoms with Gasteiger partial charge < -0.3 is 14.7 Å². The maximum Gasteiger partial charge on any atom is 0.323 e. The molecule has 30 heavy (non-hydrogen) atoms. The number of methoxy groups -OCH3 is 1. The molecule has 0 saturated carbocycles. The molecule has 0 radical (unpaired) electrons. The summed E-state index contributed by atoms with van der Waals surface area (Å²) in [6.07, 6.45) is 2.88. The number of fused-ring (bicyclic) bond motifs is 1. The third kappa shape index (κ3) is 4.07. The first-order valence-corrected chi connectivity index (χ1v) is 10.6. The van der Waals surface area contributed by atoms with E-state index in [0.29, 0.717) is 17.0 Å². The number of hydrogen-bond donors (Lipinski definition) is 1. The van der Waals surface area contributed by atoms with Crippen LogP contribution < -0.4 is 9.64 Å². The first-order chi connectivity index (χ1) is 14.3. The van der Waals surface area contributed by atoms with Gasteiger partial charge in [-0.05, 0) is 48.9 Å². The predicted octanol–water partition coefficient (Wildman–Crippen LogP) is 2.26. The van der Waals surface area contributed by atoms with Crippen molar-refractivity contribution >= 4 is 27.6 Å². The minimum Gasteiger partial charge on any atom is -0.497 e. The van der Waals surface area contributed by atoms with Gasteiger partial charge in [-0.3, -0.25) is 9.59 Å². The molecule has 1 aliphatic rings. The summed E-state index contributed by atoms with van der Waals surface area (Å²) in [5, 5.41) is 9.85. The van der Waals surface area contributed by atoms with Crippen LogP contribution in [0.1, 0.15) is 12.5 Å². The molecule has 8 nitrogen and oxygen atoms in total. The lowest BCUT2D eigenvalue weighted by molar-refractivity contribution is -0.141. The molecule has 0 saturated heterocycles. The number of carboxylic acid groups (broad SMARTS) is 1. The van der Waals surface area contributed by atoms with E-state index in [0.717, 1.165) is 4.31 Å². The zero-order valence-corrected chi connectivity index (χ0v) is 17.4. The smallest absolute Gasteiger partial charge is 0.323 e. The molecule has 0 aromatic heterocycles. The summed E-state index contributed by atoms with van der Waals surface area (Å²) in [6.45, 7) is 1.18. The van der Waals surface area contributed by atoms with Crippen molar-refractivity contribution in [2.24, 2.45) is 0 Å². The Kier molecular flexibility index (Phi) is 6.23. The van der Waals surface area contributed by atoms with E-state index in [1.165, 1.54) is 42.4 Å². The Morgan fingerprint density at radius 1 is 1.13 bits per heavy atom. The Morgan fingerprint density at radius 2 is 1.80 bits per heavy atom. The molecule has 1 atom stereocenters. The lowest BCUT2D eigenvalue weighted by Gasteiger charge is -2.28. The zero-order valence-electron chi connectivity index (χ0n) is 16.6. The van der Waals surface area contributed by atoms with Gasteiger partial charge in [-0.25, -0.2) is 8.42 Å². The number of carbonyl (C=O) groups is 2. The van der Waals surface area contributed by atoms with Crippen molar-refractivity contribution in [2.45, 2.75) is 24.4 Å². The molecule has 158 valence electrons. The Morgan fingerprint density at radius 3 is 2.40 bits per heavy atom. The van der Waals surface area contributed by atoms with Gasteiger partial charge in [0.15, 0.2) is 0 Å². The Bertz CT molecular complexity index is 1080. The molecule has 0 fully saturated rings. The first-order valence-electron chi connectivity index (χ1n) is 9.20. The van der Waals surface area contributed by atoms with Crippen LogP contribution in [0.15, 0.2) is 65.6 Å². The van der Waals surface area contributed by atoms with E-state index >= 15 is 0 Å². The fraction of sp³-hybridized carbons (Fsp3) is 0.238. The number of amides is 1. The molecule has 0 aliphatic carbocycles. The summed E-state index contributed by atoms with van der Waals surface area (Å²) < 4.78 is 32.7. The van der Waals surface area contributed by atoms with Crippen molar-refractivity contribution in [1.29, 1.82) is 0 Å². The minimum absolute atomic E-state index is 0.0553.